The van der Waals surface area contributed by atoms with Crippen molar-refractivity contribution in [3.05, 3.63) is 54.1 Å². The van der Waals surface area contributed by atoms with Crippen molar-refractivity contribution < 1.29 is 15.3 Å². The van der Waals surface area contributed by atoms with Crippen LogP contribution < -0.4 is 5.32 Å². The standard InChI is InChI=1S/C15H15NO3/c1-9-7-11(3-5-13(9)17)10(2)16-12-4-6-14(18)15(19)8-12/h3-8,16-19H,2H2,1H3. The monoisotopic (exact) mass is 257 g/mol. The number of aromatic hydroxyl groups is 3. The number of phenols is 3. The van der Waals surface area contributed by atoms with Crippen LogP contribution in [0, 0.1) is 6.92 Å². The molecular weight excluding hydrogens is 242 g/mol. The number of nitrogens with one attached hydrogen (secondary N) is 1. The molecule has 0 aliphatic rings. The van der Waals surface area contributed by atoms with E-state index in [1.807, 2.05) is 6.07 Å². The Morgan fingerprint density at radius 2 is 1.63 bits per heavy atom. The van der Waals surface area contributed by atoms with E-state index < -0.39 is 0 Å². The minimum absolute atomic E-state index is 0.170. The van der Waals surface area contributed by atoms with Crippen molar-refractivity contribution in [2.45, 2.75) is 6.92 Å². The average molecular weight is 257 g/mol. The Morgan fingerprint density at radius 3 is 2.26 bits per heavy atom. The number of benzene rings is 2. The van der Waals surface area contributed by atoms with Gasteiger partial charge in [0.2, 0.25) is 0 Å². The van der Waals surface area contributed by atoms with Crippen molar-refractivity contribution >= 4 is 11.4 Å². The van der Waals surface area contributed by atoms with Crippen LogP contribution in [0.1, 0.15) is 11.1 Å². The van der Waals surface area contributed by atoms with Gasteiger partial charge in [-0.05, 0) is 48.4 Å². The summed E-state index contributed by atoms with van der Waals surface area (Å²) in [6, 6.07) is 9.60. The Labute approximate surface area is 111 Å². The predicted octanol–water partition coefficient (Wildman–Crippen LogP) is 3.19. The van der Waals surface area contributed by atoms with Gasteiger partial charge in [0.1, 0.15) is 5.75 Å². The van der Waals surface area contributed by atoms with Crippen LogP contribution in [0.4, 0.5) is 5.69 Å². The zero-order valence-corrected chi connectivity index (χ0v) is 10.5. The first-order valence-electron chi connectivity index (χ1n) is 5.75. The number of phenolic OH excluding ortho intramolecular Hbond substituents is 3. The SMILES string of the molecule is C=C(Nc1ccc(O)c(O)c1)c1ccc(O)c(C)c1. The summed E-state index contributed by atoms with van der Waals surface area (Å²) in [5.41, 5.74) is 2.84. The Balaban J connectivity index is 2.20. The summed E-state index contributed by atoms with van der Waals surface area (Å²) in [6.45, 7) is 5.71. The molecule has 0 heterocycles. The molecule has 4 N–H and O–H groups in total. The Hall–Kier alpha value is -2.62. The summed E-state index contributed by atoms with van der Waals surface area (Å²) in [4.78, 5) is 0. The summed E-state index contributed by atoms with van der Waals surface area (Å²) in [5.74, 6) is -0.129. The summed E-state index contributed by atoms with van der Waals surface area (Å²) in [5, 5.41) is 31.1. The van der Waals surface area contributed by atoms with Crippen LogP contribution in [0.3, 0.4) is 0 Å². The molecular formula is C15H15NO3. The average Bonchev–Trinajstić information content (AvgIpc) is 2.37. The molecule has 0 amide bonds. The van der Waals surface area contributed by atoms with Crippen LogP contribution in [-0.2, 0) is 0 Å². The number of anilines is 1. The largest absolute Gasteiger partial charge is 0.508 e. The number of hydrogen-bond donors (Lipinski definition) is 4. The summed E-state index contributed by atoms with van der Waals surface area (Å²) in [7, 11) is 0. The summed E-state index contributed by atoms with van der Waals surface area (Å²) < 4.78 is 0. The Kier molecular flexibility index (Phi) is 3.33. The van der Waals surface area contributed by atoms with Gasteiger partial charge >= 0.3 is 0 Å². The van der Waals surface area contributed by atoms with Crippen molar-refractivity contribution in [2.24, 2.45) is 0 Å². The lowest BCUT2D eigenvalue weighted by atomic mass is 10.1. The number of aryl methyl sites for hydroxylation is 1. The minimum Gasteiger partial charge on any atom is -0.508 e. The second kappa shape index (κ2) is 4.94. The quantitative estimate of drug-likeness (QED) is 0.503. The molecule has 0 unspecified atom stereocenters. The van der Waals surface area contributed by atoms with Crippen molar-refractivity contribution in [1.29, 1.82) is 0 Å². The topological polar surface area (TPSA) is 72.7 Å². The molecule has 0 aliphatic heterocycles. The fourth-order valence-electron chi connectivity index (χ4n) is 1.69. The lowest BCUT2D eigenvalue weighted by Gasteiger charge is -2.11. The lowest BCUT2D eigenvalue weighted by molar-refractivity contribution is 0.404. The molecule has 0 spiro atoms. The van der Waals surface area contributed by atoms with E-state index in [2.05, 4.69) is 11.9 Å². The molecule has 2 rings (SSSR count). The highest BCUT2D eigenvalue weighted by Crippen LogP contribution is 2.29. The molecule has 0 saturated heterocycles. The highest BCUT2D eigenvalue weighted by atomic mass is 16.3. The minimum atomic E-state index is -0.195. The van der Waals surface area contributed by atoms with Crippen LogP contribution in [-0.4, -0.2) is 15.3 Å². The first-order chi connectivity index (χ1) is 8.97. The molecule has 0 aromatic heterocycles. The molecule has 0 fully saturated rings. The predicted molar refractivity (Wildman–Crippen MR) is 75.3 cm³/mol. The van der Waals surface area contributed by atoms with Crippen LogP contribution in [0.25, 0.3) is 5.70 Å². The fraction of sp³-hybridized carbons (Fsp3) is 0.0667. The molecule has 2 aromatic carbocycles. The third kappa shape index (κ3) is 2.80. The maximum absolute atomic E-state index is 9.47. The van der Waals surface area contributed by atoms with Gasteiger partial charge in [0.05, 0.1) is 0 Å². The summed E-state index contributed by atoms with van der Waals surface area (Å²) in [6.07, 6.45) is 0. The maximum Gasteiger partial charge on any atom is 0.159 e. The molecule has 0 aliphatic carbocycles. The number of rotatable bonds is 3. The molecule has 4 nitrogen and oxygen atoms in total. The zero-order chi connectivity index (χ0) is 14.0. The van der Waals surface area contributed by atoms with E-state index in [9.17, 15) is 15.3 Å². The van der Waals surface area contributed by atoms with Gasteiger partial charge < -0.3 is 20.6 Å². The van der Waals surface area contributed by atoms with Crippen LogP contribution in [0.2, 0.25) is 0 Å². The van der Waals surface area contributed by atoms with E-state index in [1.54, 1.807) is 25.1 Å². The highest BCUT2D eigenvalue weighted by Gasteiger charge is 2.05. The van der Waals surface area contributed by atoms with E-state index in [-0.39, 0.29) is 17.2 Å². The van der Waals surface area contributed by atoms with Gasteiger partial charge in [-0.25, -0.2) is 0 Å². The zero-order valence-electron chi connectivity index (χ0n) is 10.5. The van der Waals surface area contributed by atoms with Crippen LogP contribution in [0.5, 0.6) is 17.2 Å². The normalized spacial score (nSPS) is 10.2. The van der Waals surface area contributed by atoms with E-state index in [4.69, 9.17) is 0 Å². The smallest absolute Gasteiger partial charge is 0.159 e. The lowest BCUT2D eigenvalue weighted by Crippen LogP contribution is -1.97. The van der Waals surface area contributed by atoms with E-state index in [0.717, 1.165) is 11.1 Å². The molecule has 0 bridgehead atoms. The maximum atomic E-state index is 9.47. The van der Waals surface area contributed by atoms with E-state index in [0.29, 0.717) is 11.4 Å². The molecule has 0 atom stereocenters. The molecule has 0 radical (unpaired) electrons. The van der Waals surface area contributed by atoms with Gasteiger partial charge in [-0.3, -0.25) is 0 Å². The van der Waals surface area contributed by atoms with Crippen molar-refractivity contribution in [3.8, 4) is 17.2 Å². The third-order valence-electron chi connectivity index (χ3n) is 2.82. The Bertz CT molecular complexity index is 635. The van der Waals surface area contributed by atoms with Gasteiger partial charge in [-0.2, -0.15) is 0 Å². The Morgan fingerprint density at radius 1 is 0.947 bits per heavy atom. The highest BCUT2D eigenvalue weighted by molar-refractivity contribution is 5.76. The van der Waals surface area contributed by atoms with Gasteiger partial charge in [0.25, 0.3) is 0 Å². The second-order valence-electron chi connectivity index (χ2n) is 4.31. The van der Waals surface area contributed by atoms with Crippen molar-refractivity contribution in [1.82, 2.24) is 0 Å². The molecule has 2 aromatic rings. The molecule has 98 valence electrons. The van der Waals surface area contributed by atoms with Gasteiger partial charge in [-0.15, -0.1) is 0 Å². The van der Waals surface area contributed by atoms with Crippen molar-refractivity contribution in [3.63, 3.8) is 0 Å². The van der Waals surface area contributed by atoms with Gasteiger partial charge in [-0.1, -0.05) is 6.58 Å². The second-order valence-corrected chi connectivity index (χ2v) is 4.31. The first kappa shape index (κ1) is 12.8. The first-order valence-corrected chi connectivity index (χ1v) is 5.75. The van der Waals surface area contributed by atoms with Gasteiger partial charge in [0, 0.05) is 17.5 Å². The fourth-order valence-corrected chi connectivity index (χ4v) is 1.69. The summed E-state index contributed by atoms with van der Waals surface area (Å²) >= 11 is 0. The number of hydrogen-bond acceptors (Lipinski definition) is 4. The van der Waals surface area contributed by atoms with Gasteiger partial charge in [0.15, 0.2) is 11.5 Å². The molecule has 19 heavy (non-hydrogen) atoms. The van der Waals surface area contributed by atoms with Crippen molar-refractivity contribution in [2.75, 3.05) is 5.32 Å². The van der Waals surface area contributed by atoms with E-state index in [1.165, 1.54) is 12.1 Å². The molecule has 4 heteroatoms. The van der Waals surface area contributed by atoms with Crippen LogP contribution in [0.15, 0.2) is 43.0 Å². The van der Waals surface area contributed by atoms with E-state index >= 15 is 0 Å². The molecule has 0 saturated carbocycles. The van der Waals surface area contributed by atoms with Crippen LogP contribution >= 0.6 is 0 Å². The third-order valence-corrected chi connectivity index (χ3v) is 2.82.